The minimum atomic E-state index is -1.13. The van der Waals surface area contributed by atoms with Crippen LogP contribution in [0.2, 0.25) is 0 Å². The highest BCUT2D eigenvalue weighted by molar-refractivity contribution is 5.90. The Balaban J connectivity index is 2.33. The van der Waals surface area contributed by atoms with Gasteiger partial charge in [-0.25, -0.2) is 9.48 Å². The van der Waals surface area contributed by atoms with Crippen LogP contribution in [0.15, 0.2) is 24.4 Å². The summed E-state index contributed by atoms with van der Waals surface area (Å²) < 4.78 is 1.24. The molecule has 2 heterocycles. The molecule has 0 bridgehead atoms. The van der Waals surface area contributed by atoms with Crippen LogP contribution < -0.4 is 5.73 Å². The Morgan fingerprint density at radius 1 is 1.18 bits per heavy atom. The summed E-state index contributed by atoms with van der Waals surface area (Å²) in [4.78, 5) is 21.4. The lowest BCUT2D eigenvalue weighted by molar-refractivity contribution is 0.0689. The van der Waals surface area contributed by atoms with Crippen LogP contribution >= 0.6 is 0 Å². The molecule has 86 valence electrons. The van der Waals surface area contributed by atoms with Gasteiger partial charge in [0.2, 0.25) is 0 Å². The fourth-order valence-electron chi connectivity index (χ4n) is 1.14. The van der Waals surface area contributed by atoms with E-state index >= 15 is 0 Å². The van der Waals surface area contributed by atoms with Gasteiger partial charge in [-0.1, -0.05) is 0 Å². The summed E-state index contributed by atoms with van der Waals surface area (Å²) in [6.45, 7) is 0. The van der Waals surface area contributed by atoms with Crippen LogP contribution in [0.25, 0.3) is 5.82 Å². The molecule has 0 saturated heterocycles. The minimum absolute atomic E-state index is 0.0272. The van der Waals surface area contributed by atoms with Crippen molar-refractivity contribution in [2.24, 2.45) is 5.73 Å². The van der Waals surface area contributed by atoms with Crippen LogP contribution in [-0.2, 0) is 0 Å². The maximum atomic E-state index is 10.8. The molecule has 8 heteroatoms. The normalized spacial score (nSPS) is 10.1. The van der Waals surface area contributed by atoms with Gasteiger partial charge in [0.15, 0.2) is 17.2 Å². The number of carboxylic acids is 1. The second-order valence-corrected chi connectivity index (χ2v) is 3.09. The third-order valence-corrected chi connectivity index (χ3v) is 1.95. The summed E-state index contributed by atoms with van der Waals surface area (Å²) in [6.07, 6.45) is 1.43. The van der Waals surface area contributed by atoms with Crippen molar-refractivity contribution < 1.29 is 14.7 Å². The standard InChI is InChI=1S/C9H7N5O3/c10-8(15)5-1-2-7(12-11-5)14-4-3-6(13-14)9(16)17/h1-4H,(H2,10,15)(H,16,17). The van der Waals surface area contributed by atoms with E-state index in [-0.39, 0.29) is 11.4 Å². The highest BCUT2D eigenvalue weighted by atomic mass is 16.4. The topological polar surface area (TPSA) is 124 Å². The van der Waals surface area contributed by atoms with E-state index in [4.69, 9.17) is 10.8 Å². The Labute approximate surface area is 94.7 Å². The van der Waals surface area contributed by atoms with E-state index in [2.05, 4.69) is 15.3 Å². The number of carboxylic acid groups (broad SMARTS) is 1. The molecule has 0 saturated carbocycles. The fourth-order valence-corrected chi connectivity index (χ4v) is 1.14. The monoisotopic (exact) mass is 233 g/mol. The average molecular weight is 233 g/mol. The molecule has 2 aromatic heterocycles. The van der Waals surface area contributed by atoms with Crippen LogP contribution in [0.3, 0.4) is 0 Å². The summed E-state index contributed by atoms with van der Waals surface area (Å²) in [5, 5.41) is 19.7. The zero-order chi connectivity index (χ0) is 12.4. The molecule has 17 heavy (non-hydrogen) atoms. The summed E-state index contributed by atoms with van der Waals surface area (Å²) >= 11 is 0. The highest BCUT2D eigenvalue weighted by Gasteiger charge is 2.09. The predicted octanol–water partition coefficient (Wildman–Crippen LogP) is -0.541. The second-order valence-electron chi connectivity index (χ2n) is 3.09. The fraction of sp³-hybridized carbons (Fsp3) is 0. The van der Waals surface area contributed by atoms with Gasteiger partial charge >= 0.3 is 5.97 Å². The first kappa shape index (κ1) is 10.7. The number of hydrogen-bond donors (Lipinski definition) is 2. The number of aromatic carboxylic acids is 1. The Bertz CT molecular complexity index is 575. The van der Waals surface area contributed by atoms with E-state index in [1.807, 2.05) is 0 Å². The number of rotatable bonds is 3. The van der Waals surface area contributed by atoms with E-state index in [9.17, 15) is 9.59 Å². The van der Waals surface area contributed by atoms with Gasteiger partial charge in [0.25, 0.3) is 5.91 Å². The van der Waals surface area contributed by atoms with Crippen molar-refractivity contribution in [2.75, 3.05) is 0 Å². The first-order valence-corrected chi connectivity index (χ1v) is 4.51. The molecule has 3 N–H and O–H groups in total. The molecule has 2 aromatic rings. The van der Waals surface area contributed by atoms with Gasteiger partial charge < -0.3 is 10.8 Å². The second kappa shape index (κ2) is 4.00. The summed E-state index contributed by atoms with van der Waals surface area (Å²) in [5.41, 5.74) is 4.93. The molecule has 0 aliphatic heterocycles. The molecule has 0 aliphatic carbocycles. The number of hydrogen-bond acceptors (Lipinski definition) is 5. The van der Waals surface area contributed by atoms with Crippen molar-refractivity contribution in [1.29, 1.82) is 0 Å². The smallest absolute Gasteiger partial charge is 0.356 e. The lowest BCUT2D eigenvalue weighted by atomic mass is 10.4. The Kier molecular flexibility index (Phi) is 2.53. The number of nitrogens with two attached hydrogens (primary N) is 1. The molecular formula is C9H7N5O3. The van der Waals surface area contributed by atoms with E-state index in [1.54, 1.807) is 0 Å². The maximum absolute atomic E-state index is 10.8. The number of amides is 1. The summed E-state index contributed by atoms with van der Waals surface area (Å²) in [7, 11) is 0. The van der Waals surface area contributed by atoms with Crippen LogP contribution in [0.4, 0.5) is 0 Å². The first-order chi connectivity index (χ1) is 8.08. The van der Waals surface area contributed by atoms with Gasteiger partial charge in [-0.05, 0) is 18.2 Å². The maximum Gasteiger partial charge on any atom is 0.356 e. The highest BCUT2D eigenvalue weighted by Crippen LogP contribution is 2.04. The van der Waals surface area contributed by atoms with Gasteiger partial charge in [0.05, 0.1) is 0 Å². The number of carbonyl (C=O) groups excluding carboxylic acids is 1. The van der Waals surface area contributed by atoms with Crippen molar-refractivity contribution in [3.05, 3.63) is 35.8 Å². The van der Waals surface area contributed by atoms with Crippen molar-refractivity contribution in [3.63, 3.8) is 0 Å². The van der Waals surface area contributed by atoms with Crippen LogP contribution in [0, 0.1) is 0 Å². The average Bonchev–Trinajstić information content (AvgIpc) is 2.78. The number of carbonyl (C=O) groups is 2. The number of primary amides is 1. The Hall–Kier alpha value is -2.77. The molecule has 0 fully saturated rings. The molecule has 0 radical (unpaired) electrons. The molecule has 0 unspecified atom stereocenters. The molecule has 0 aliphatic rings. The Morgan fingerprint density at radius 3 is 2.41 bits per heavy atom. The van der Waals surface area contributed by atoms with Crippen molar-refractivity contribution in [2.45, 2.75) is 0 Å². The molecule has 0 atom stereocenters. The molecule has 8 nitrogen and oxygen atoms in total. The third kappa shape index (κ3) is 2.09. The van der Waals surface area contributed by atoms with Gasteiger partial charge in [0.1, 0.15) is 0 Å². The van der Waals surface area contributed by atoms with Gasteiger partial charge in [-0.15, -0.1) is 10.2 Å². The summed E-state index contributed by atoms with van der Waals surface area (Å²) in [6, 6.07) is 4.17. The van der Waals surface area contributed by atoms with Crippen molar-refractivity contribution >= 4 is 11.9 Å². The van der Waals surface area contributed by atoms with Crippen LogP contribution in [0.5, 0.6) is 0 Å². The zero-order valence-electron chi connectivity index (χ0n) is 8.44. The summed E-state index contributed by atoms with van der Waals surface area (Å²) in [5.74, 6) is -1.52. The van der Waals surface area contributed by atoms with Gasteiger partial charge in [0, 0.05) is 6.20 Å². The van der Waals surface area contributed by atoms with Crippen LogP contribution in [-0.4, -0.2) is 37.0 Å². The zero-order valence-corrected chi connectivity index (χ0v) is 8.44. The SMILES string of the molecule is NC(=O)c1ccc(-n2ccc(C(=O)O)n2)nn1. The minimum Gasteiger partial charge on any atom is -0.476 e. The molecule has 0 aromatic carbocycles. The Morgan fingerprint density at radius 2 is 1.94 bits per heavy atom. The van der Waals surface area contributed by atoms with E-state index in [1.165, 1.54) is 29.1 Å². The quantitative estimate of drug-likeness (QED) is 0.733. The van der Waals surface area contributed by atoms with Gasteiger partial charge in [-0.2, -0.15) is 5.10 Å². The van der Waals surface area contributed by atoms with Crippen LogP contribution in [0.1, 0.15) is 21.0 Å². The van der Waals surface area contributed by atoms with Crippen molar-refractivity contribution in [1.82, 2.24) is 20.0 Å². The first-order valence-electron chi connectivity index (χ1n) is 4.51. The van der Waals surface area contributed by atoms with Crippen molar-refractivity contribution in [3.8, 4) is 5.82 Å². The van der Waals surface area contributed by atoms with E-state index in [0.717, 1.165) is 0 Å². The molecule has 1 amide bonds. The largest absolute Gasteiger partial charge is 0.476 e. The van der Waals surface area contributed by atoms with E-state index < -0.39 is 11.9 Å². The predicted molar refractivity (Wildman–Crippen MR) is 54.6 cm³/mol. The lowest BCUT2D eigenvalue weighted by Gasteiger charge is -1.99. The lowest BCUT2D eigenvalue weighted by Crippen LogP contribution is -2.14. The number of aromatic nitrogens is 4. The third-order valence-electron chi connectivity index (χ3n) is 1.95. The number of nitrogens with zero attached hydrogens (tertiary/aromatic N) is 4. The molecule has 0 spiro atoms. The van der Waals surface area contributed by atoms with Gasteiger partial charge in [-0.3, -0.25) is 4.79 Å². The molecular weight excluding hydrogens is 226 g/mol. The molecule has 2 rings (SSSR count). The van der Waals surface area contributed by atoms with E-state index in [0.29, 0.717) is 5.82 Å².